The van der Waals surface area contributed by atoms with Crippen LogP contribution >= 0.6 is 11.6 Å². The monoisotopic (exact) mass is 304 g/mol. The maximum atomic E-state index is 12.3. The molecule has 1 aromatic heterocycles. The van der Waals surface area contributed by atoms with E-state index >= 15 is 0 Å². The predicted octanol–water partition coefficient (Wildman–Crippen LogP) is 3.95. The Morgan fingerprint density at radius 3 is 2.76 bits per heavy atom. The van der Waals surface area contributed by atoms with Crippen molar-refractivity contribution in [2.45, 2.75) is 26.7 Å². The van der Waals surface area contributed by atoms with Crippen molar-refractivity contribution in [3.05, 3.63) is 52.3 Å². The molecule has 2 aromatic rings. The summed E-state index contributed by atoms with van der Waals surface area (Å²) in [5.74, 6) is -0.0758. The molecule has 0 bridgehead atoms. The van der Waals surface area contributed by atoms with Gasteiger partial charge in [-0.1, -0.05) is 24.9 Å². The van der Waals surface area contributed by atoms with Crippen LogP contribution in [0.4, 0.5) is 5.69 Å². The van der Waals surface area contributed by atoms with Crippen LogP contribution in [0.3, 0.4) is 0 Å². The molecule has 110 valence electrons. The lowest BCUT2D eigenvalue weighted by atomic mass is 10.1. The average Bonchev–Trinajstić information content (AvgIpc) is 2.41. The van der Waals surface area contributed by atoms with Gasteiger partial charge in [0.25, 0.3) is 5.91 Å². The van der Waals surface area contributed by atoms with E-state index in [0.29, 0.717) is 16.4 Å². The highest BCUT2D eigenvalue weighted by molar-refractivity contribution is 6.29. The van der Waals surface area contributed by atoms with Crippen LogP contribution in [0.25, 0.3) is 0 Å². The van der Waals surface area contributed by atoms with Gasteiger partial charge in [-0.05, 0) is 49.2 Å². The minimum Gasteiger partial charge on any atom is -0.508 e. The number of amides is 1. The van der Waals surface area contributed by atoms with Crippen LogP contribution in [-0.2, 0) is 6.42 Å². The number of anilines is 1. The van der Waals surface area contributed by atoms with Crippen molar-refractivity contribution < 1.29 is 9.90 Å². The van der Waals surface area contributed by atoms with Gasteiger partial charge in [-0.25, -0.2) is 4.98 Å². The van der Waals surface area contributed by atoms with Gasteiger partial charge in [-0.2, -0.15) is 0 Å². The van der Waals surface area contributed by atoms with Crippen molar-refractivity contribution in [1.82, 2.24) is 4.98 Å². The molecule has 0 aliphatic heterocycles. The van der Waals surface area contributed by atoms with E-state index in [4.69, 9.17) is 11.6 Å². The van der Waals surface area contributed by atoms with Crippen LogP contribution in [0.1, 0.15) is 35.0 Å². The molecule has 1 aromatic carbocycles. The fourth-order valence-corrected chi connectivity index (χ4v) is 2.28. The van der Waals surface area contributed by atoms with E-state index in [1.54, 1.807) is 24.3 Å². The summed E-state index contributed by atoms with van der Waals surface area (Å²) in [6.45, 7) is 3.86. The number of carbonyl (C=O) groups is 1. The minimum absolute atomic E-state index is 0.169. The first kappa shape index (κ1) is 15.3. The first-order chi connectivity index (χ1) is 9.99. The van der Waals surface area contributed by atoms with E-state index in [1.165, 1.54) is 6.07 Å². The number of hydrogen-bond donors (Lipinski definition) is 2. The quantitative estimate of drug-likeness (QED) is 0.664. The molecule has 2 N–H and O–H groups in total. The second kappa shape index (κ2) is 6.59. The Morgan fingerprint density at radius 1 is 1.33 bits per heavy atom. The standard InChI is InChI=1S/C16H17ClN2O2/c1-3-4-12-8-11(9-15(17)18-12)16(21)19-14-6-5-13(20)7-10(14)2/h5-9,20H,3-4H2,1-2H3,(H,19,21). The van der Waals surface area contributed by atoms with Gasteiger partial charge in [0.05, 0.1) is 0 Å². The maximum absolute atomic E-state index is 12.3. The van der Waals surface area contributed by atoms with Gasteiger partial charge in [-0.15, -0.1) is 0 Å². The summed E-state index contributed by atoms with van der Waals surface area (Å²) < 4.78 is 0. The third kappa shape index (κ3) is 3.95. The summed E-state index contributed by atoms with van der Waals surface area (Å²) in [4.78, 5) is 16.5. The van der Waals surface area contributed by atoms with Gasteiger partial charge in [0, 0.05) is 16.9 Å². The molecule has 4 nitrogen and oxygen atoms in total. The maximum Gasteiger partial charge on any atom is 0.255 e. The molecule has 1 heterocycles. The third-order valence-corrected chi connectivity index (χ3v) is 3.27. The second-order valence-electron chi connectivity index (χ2n) is 4.87. The zero-order valence-electron chi connectivity index (χ0n) is 12.0. The Hall–Kier alpha value is -2.07. The summed E-state index contributed by atoms with van der Waals surface area (Å²) >= 11 is 5.96. The number of pyridine rings is 1. The summed E-state index contributed by atoms with van der Waals surface area (Å²) in [7, 11) is 0. The lowest BCUT2D eigenvalue weighted by molar-refractivity contribution is 0.102. The number of aromatic hydroxyl groups is 1. The highest BCUT2D eigenvalue weighted by Crippen LogP contribution is 2.21. The minimum atomic E-state index is -0.245. The smallest absolute Gasteiger partial charge is 0.255 e. The molecule has 21 heavy (non-hydrogen) atoms. The first-order valence-corrected chi connectivity index (χ1v) is 7.15. The van der Waals surface area contributed by atoms with Crippen LogP contribution in [0, 0.1) is 6.92 Å². The highest BCUT2D eigenvalue weighted by atomic mass is 35.5. The van der Waals surface area contributed by atoms with Gasteiger partial charge in [0.15, 0.2) is 0 Å². The molecule has 0 saturated carbocycles. The van der Waals surface area contributed by atoms with Crippen molar-refractivity contribution in [3.63, 3.8) is 0 Å². The summed E-state index contributed by atoms with van der Waals surface area (Å²) in [5, 5.41) is 12.5. The number of rotatable bonds is 4. The van der Waals surface area contributed by atoms with Crippen molar-refractivity contribution in [2.75, 3.05) is 5.32 Å². The largest absolute Gasteiger partial charge is 0.508 e. The normalized spacial score (nSPS) is 10.4. The van der Waals surface area contributed by atoms with E-state index in [2.05, 4.69) is 10.3 Å². The van der Waals surface area contributed by atoms with Crippen molar-refractivity contribution in [1.29, 1.82) is 0 Å². The Balaban J connectivity index is 2.23. The molecular weight excluding hydrogens is 288 g/mol. The number of benzene rings is 1. The Labute approximate surface area is 128 Å². The number of nitrogens with zero attached hydrogens (tertiary/aromatic N) is 1. The molecule has 0 aliphatic carbocycles. The first-order valence-electron chi connectivity index (χ1n) is 6.77. The fraction of sp³-hybridized carbons (Fsp3) is 0.250. The summed E-state index contributed by atoms with van der Waals surface area (Å²) in [6.07, 6.45) is 1.71. The Bertz CT molecular complexity index is 671. The molecule has 0 aliphatic rings. The van der Waals surface area contributed by atoms with Gasteiger partial charge in [0.1, 0.15) is 10.9 Å². The average molecular weight is 305 g/mol. The molecule has 0 saturated heterocycles. The third-order valence-electron chi connectivity index (χ3n) is 3.07. The Morgan fingerprint density at radius 2 is 2.10 bits per heavy atom. The van der Waals surface area contributed by atoms with E-state index in [1.807, 2.05) is 13.8 Å². The molecule has 0 unspecified atom stereocenters. The lowest BCUT2D eigenvalue weighted by Gasteiger charge is -2.10. The molecule has 0 fully saturated rings. The van der Waals surface area contributed by atoms with Gasteiger partial charge < -0.3 is 10.4 Å². The molecular formula is C16H17ClN2O2. The van der Waals surface area contributed by atoms with Crippen LogP contribution in [-0.4, -0.2) is 16.0 Å². The lowest BCUT2D eigenvalue weighted by Crippen LogP contribution is -2.13. The number of aryl methyl sites for hydroxylation is 2. The van der Waals surface area contributed by atoms with Crippen molar-refractivity contribution in [2.24, 2.45) is 0 Å². The van der Waals surface area contributed by atoms with E-state index in [0.717, 1.165) is 24.1 Å². The second-order valence-corrected chi connectivity index (χ2v) is 5.26. The molecule has 1 amide bonds. The number of nitrogens with one attached hydrogen (secondary N) is 1. The molecule has 5 heteroatoms. The summed E-state index contributed by atoms with van der Waals surface area (Å²) in [5.41, 5.74) is 2.73. The Kier molecular flexibility index (Phi) is 4.81. The van der Waals surface area contributed by atoms with Crippen molar-refractivity contribution >= 4 is 23.2 Å². The topological polar surface area (TPSA) is 62.2 Å². The SMILES string of the molecule is CCCc1cc(C(=O)Nc2ccc(O)cc2C)cc(Cl)n1. The van der Waals surface area contributed by atoms with Crippen LogP contribution in [0.5, 0.6) is 5.75 Å². The number of aromatic nitrogens is 1. The fourth-order valence-electron chi connectivity index (χ4n) is 2.05. The van der Waals surface area contributed by atoms with Crippen LogP contribution in [0.15, 0.2) is 30.3 Å². The number of carbonyl (C=O) groups excluding carboxylic acids is 1. The van der Waals surface area contributed by atoms with Gasteiger partial charge in [-0.3, -0.25) is 4.79 Å². The van der Waals surface area contributed by atoms with Crippen LogP contribution < -0.4 is 5.32 Å². The van der Waals surface area contributed by atoms with Gasteiger partial charge >= 0.3 is 0 Å². The number of hydrogen-bond acceptors (Lipinski definition) is 3. The zero-order chi connectivity index (χ0) is 15.4. The van der Waals surface area contributed by atoms with Gasteiger partial charge in [0.2, 0.25) is 0 Å². The number of phenolic OH excluding ortho intramolecular Hbond substituents is 1. The number of phenols is 1. The summed E-state index contributed by atoms with van der Waals surface area (Å²) in [6, 6.07) is 8.09. The molecule has 2 rings (SSSR count). The predicted molar refractivity (Wildman–Crippen MR) is 84.0 cm³/mol. The van der Waals surface area contributed by atoms with Crippen LogP contribution in [0.2, 0.25) is 5.15 Å². The van der Waals surface area contributed by atoms with E-state index in [-0.39, 0.29) is 11.7 Å². The number of halogens is 1. The van der Waals surface area contributed by atoms with E-state index < -0.39 is 0 Å². The molecule has 0 spiro atoms. The molecule has 0 radical (unpaired) electrons. The van der Waals surface area contributed by atoms with E-state index in [9.17, 15) is 9.90 Å². The van der Waals surface area contributed by atoms with Crippen molar-refractivity contribution in [3.8, 4) is 5.75 Å². The highest BCUT2D eigenvalue weighted by Gasteiger charge is 2.11. The zero-order valence-corrected chi connectivity index (χ0v) is 12.7. The molecule has 0 atom stereocenters.